The molecule has 2 heterocycles. The largest absolute Gasteiger partial charge is 0.373 e. The van der Waals surface area contributed by atoms with Gasteiger partial charge in [0.15, 0.2) is 14.0 Å². The van der Waals surface area contributed by atoms with Crippen molar-refractivity contribution >= 4 is 40.6 Å². The predicted octanol–water partition coefficient (Wildman–Crippen LogP) is 7.33. The van der Waals surface area contributed by atoms with Crippen molar-refractivity contribution in [3.63, 3.8) is 0 Å². The van der Waals surface area contributed by atoms with Gasteiger partial charge in [-0.1, -0.05) is 53.7 Å². The van der Waals surface area contributed by atoms with Crippen LogP contribution in [-0.2, 0) is 10.0 Å². The molecule has 0 saturated heterocycles. The number of nitrogens with zero attached hydrogens (tertiary/aromatic N) is 2. The lowest BCUT2D eigenvalue weighted by atomic mass is 9.96. The number of pyridine rings is 1. The molecule has 1 N–H and O–H groups in total. The van der Waals surface area contributed by atoms with Gasteiger partial charge in [0.25, 0.3) is 0 Å². The third-order valence-corrected chi connectivity index (χ3v) is 15.0. The van der Waals surface area contributed by atoms with Gasteiger partial charge in [-0.2, -0.15) is 0 Å². The van der Waals surface area contributed by atoms with Crippen LogP contribution in [-0.4, -0.2) is 37.9 Å². The van der Waals surface area contributed by atoms with E-state index < -0.39 is 18.3 Å². The molecule has 0 fully saturated rings. The summed E-state index contributed by atoms with van der Waals surface area (Å²) in [4.78, 5) is 17.4. The van der Waals surface area contributed by atoms with E-state index in [1.807, 2.05) is 18.2 Å². The number of hydrogen-bond donors (Lipinski definition) is 1. The SMILES string of the molecule is CC(C)[Si](C(C)C)(C(C)C)n1ccc2c(-c3cc(NS(C)(=O)=O)cc(C(=O)c4cccnc4)c3)cccc21. The first-order valence-electron chi connectivity index (χ1n) is 13.0. The Morgan fingerprint density at radius 2 is 1.58 bits per heavy atom. The number of sulfonamides is 1. The number of carbonyl (C=O) groups excluding carboxylic acids is 1. The average Bonchev–Trinajstić information content (AvgIpc) is 3.27. The van der Waals surface area contributed by atoms with Crippen LogP contribution in [0.25, 0.3) is 22.0 Å². The normalized spacial score (nSPS) is 12.6. The minimum absolute atomic E-state index is 0.216. The van der Waals surface area contributed by atoms with E-state index in [0.717, 1.165) is 22.8 Å². The lowest BCUT2D eigenvalue weighted by molar-refractivity contribution is 0.103. The molecule has 0 atom stereocenters. The quantitative estimate of drug-likeness (QED) is 0.176. The molecular formula is C30H37N3O3SSi. The second-order valence-electron chi connectivity index (χ2n) is 11.0. The van der Waals surface area contributed by atoms with E-state index >= 15 is 0 Å². The number of anilines is 1. The molecule has 0 aliphatic carbocycles. The molecule has 0 aliphatic heterocycles. The summed E-state index contributed by atoms with van der Waals surface area (Å²) in [7, 11) is -5.53. The van der Waals surface area contributed by atoms with Crippen molar-refractivity contribution in [2.24, 2.45) is 0 Å². The van der Waals surface area contributed by atoms with Crippen molar-refractivity contribution < 1.29 is 13.2 Å². The van der Waals surface area contributed by atoms with Gasteiger partial charge >= 0.3 is 0 Å². The smallest absolute Gasteiger partial charge is 0.229 e. The number of carbonyl (C=O) groups is 1. The van der Waals surface area contributed by atoms with E-state index in [-0.39, 0.29) is 5.78 Å². The fraction of sp³-hybridized carbons (Fsp3) is 0.333. The third kappa shape index (κ3) is 5.07. The molecule has 8 heteroatoms. The molecule has 0 aliphatic rings. The average molecular weight is 548 g/mol. The number of ketones is 1. The molecule has 0 unspecified atom stereocenters. The summed E-state index contributed by atoms with van der Waals surface area (Å²) in [6.07, 6.45) is 6.48. The Morgan fingerprint density at radius 3 is 2.16 bits per heavy atom. The van der Waals surface area contributed by atoms with Crippen molar-refractivity contribution in [1.29, 1.82) is 0 Å². The van der Waals surface area contributed by atoms with Crippen LogP contribution in [0.5, 0.6) is 0 Å². The fourth-order valence-corrected chi connectivity index (χ4v) is 13.6. The molecule has 4 aromatic rings. The monoisotopic (exact) mass is 547 g/mol. The van der Waals surface area contributed by atoms with Crippen LogP contribution in [0.15, 0.2) is 73.2 Å². The van der Waals surface area contributed by atoms with Gasteiger partial charge < -0.3 is 4.23 Å². The summed E-state index contributed by atoms with van der Waals surface area (Å²) in [5.74, 6) is -0.216. The van der Waals surface area contributed by atoms with Gasteiger partial charge in [-0.15, -0.1) is 0 Å². The van der Waals surface area contributed by atoms with Crippen molar-refractivity contribution in [2.45, 2.75) is 58.2 Å². The summed E-state index contributed by atoms with van der Waals surface area (Å²) >= 11 is 0. The second-order valence-corrected chi connectivity index (χ2v) is 18.5. The van der Waals surface area contributed by atoms with Crippen molar-refractivity contribution in [3.8, 4) is 11.1 Å². The second kappa shape index (κ2) is 10.5. The lowest BCUT2D eigenvalue weighted by Gasteiger charge is -2.44. The Bertz CT molecular complexity index is 1550. The highest BCUT2D eigenvalue weighted by molar-refractivity contribution is 7.92. The molecule has 6 nitrogen and oxygen atoms in total. The molecule has 0 saturated carbocycles. The maximum Gasteiger partial charge on any atom is 0.229 e. The summed E-state index contributed by atoms with van der Waals surface area (Å²) < 4.78 is 29.4. The summed E-state index contributed by atoms with van der Waals surface area (Å²) in [5.41, 5.74) is 5.70. The number of nitrogens with one attached hydrogen (secondary N) is 1. The summed E-state index contributed by atoms with van der Waals surface area (Å²) in [6.45, 7) is 14.1. The Balaban J connectivity index is 1.95. The van der Waals surface area contributed by atoms with Crippen LogP contribution in [0.2, 0.25) is 16.6 Å². The van der Waals surface area contributed by atoms with E-state index in [1.54, 1.807) is 30.5 Å². The van der Waals surface area contributed by atoms with Gasteiger partial charge in [0.1, 0.15) is 0 Å². The van der Waals surface area contributed by atoms with Crippen LogP contribution in [0, 0.1) is 0 Å². The number of hydrogen-bond acceptors (Lipinski definition) is 4. The summed E-state index contributed by atoms with van der Waals surface area (Å²) in [6, 6.07) is 17.1. The molecule has 38 heavy (non-hydrogen) atoms. The first-order valence-corrected chi connectivity index (χ1v) is 17.1. The van der Waals surface area contributed by atoms with E-state index in [2.05, 4.69) is 73.8 Å². The van der Waals surface area contributed by atoms with Gasteiger partial charge in [0.2, 0.25) is 10.0 Å². The highest BCUT2D eigenvalue weighted by atomic mass is 32.2. The van der Waals surface area contributed by atoms with E-state index in [4.69, 9.17) is 0 Å². The number of benzene rings is 2. The minimum atomic E-state index is -3.54. The first kappa shape index (κ1) is 27.8. The highest BCUT2D eigenvalue weighted by Gasteiger charge is 2.45. The van der Waals surface area contributed by atoms with Crippen LogP contribution in [0.3, 0.4) is 0 Å². The Morgan fingerprint density at radius 1 is 0.895 bits per heavy atom. The molecule has 0 bridgehead atoms. The zero-order valence-corrected chi connectivity index (χ0v) is 25.0. The predicted molar refractivity (Wildman–Crippen MR) is 160 cm³/mol. The van der Waals surface area contributed by atoms with Crippen LogP contribution >= 0.6 is 0 Å². The highest BCUT2D eigenvalue weighted by Crippen LogP contribution is 2.45. The Labute approximate surface area is 227 Å². The molecule has 2 aromatic carbocycles. The summed E-state index contributed by atoms with van der Waals surface area (Å²) in [5, 5.41) is 1.09. The first-order chi connectivity index (χ1) is 17.9. The van der Waals surface area contributed by atoms with Crippen LogP contribution in [0.1, 0.15) is 57.5 Å². The number of aromatic nitrogens is 2. The maximum atomic E-state index is 13.4. The molecule has 0 spiro atoms. The van der Waals surface area contributed by atoms with Crippen LogP contribution < -0.4 is 4.72 Å². The standard InChI is InChI=1S/C30H37N3O3SSi/c1-20(2)38(21(3)4,22(5)6)33-15-13-28-27(11-8-12-29(28)33)24-16-25(18-26(17-24)32-37(7,35)36)30(34)23-10-9-14-31-19-23/h8-22,32H,1-7H3. The van der Waals surface area contributed by atoms with E-state index in [0.29, 0.717) is 33.4 Å². The van der Waals surface area contributed by atoms with Crippen molar-refractivity contribution in [3.05, 3.63) is 84.3 Å². The van der Waals surface area contributed by atoms with Gasteiger partial charge in [0.05, 0.1) is 6.26 Å². The molecule has 200 valence electrons. The van der Waals surface area contributed by atoms with E-state index in [9.17, 15) is 13.2 Å². The molecule has 0 radical (unpaired) electrons. The fourth-order valence-electron chi connectivity index (χ4n) is 6.44. The van der Waals surface area contributed by atoms with Crippen LogP contribution in [0.4, 0.5) is 5.69 Å². The van der Waals surface area contributed by atoms with Gasteiger partial charge in [0, 0.05) is 40.1 Å². The minimum Gasteiger partial charge on any atom is -0.373 e. The topological polar surface area (TPSA) is 81.1 Å². The molecule has 4 rings (SSSR count). The van der Waals surface area contributed by atoms with Crippen molar-refractivity contribution in [1.82, 2.24) is 9.22 Å². The maximum absolute atomic E-state index is 13.4. The van der Waals surface area contributed by atoms with Gasteiger partial charge in [-0.05, 0) is 76.4 Å². The van der Waals surface area contributed by atoms with Gasteiger partial charge in [-0.3, -0.25) is 14.5 Å². The third-order valence-electron chi connectivity index (χ3n) is 7.66. The Hall–Kier alpha value is -3.23. The lowest BCUT2D eigenvalue weighted by Crippen LogP contribution is -2.51. The van der Waals surface area contributed by atoms with Crippen molar-refractivity contribution in [2.75, 3.05) is 11.0 Å². The zero-order valence-electron chi connectivity index (χ0n) is 23.2. The van der Waals surface area contributed by atoms with Gasteiger partial charge in [-0.25, -0.2) is 8.42 Å². The zero-order chi connectivity index (χ0) is 27.8. The molecular weight excluding hydrogens is 511 g/mol. The van der Waals surface area contributed by atoms with E-state index in [1.165, 1.54) is 11.7 Å². The number of fused-ring (bicyclic) bond motifs is 1. The molecule has 0 amide bonds. The molecule has 2 aromatic heterocycles. The Kier molecular flexibility index (Phi) is 7.68. The number of rotatable bonds is 9.